The van der Waals surface area contributed by atoms with Crippen molar-refractivity contribution in [3.8, 4) is 0 Å². The molecule has 0 saturated heterocycles. The van der Waals surface area contributed by atoms with Gasteiger partial charge in [-0.1, -0.05) is 0 Å². The summed E-state index contributed by atoms with van der Waals surface area (Å²) in [5.41, 5.74) is 5.48. The smallest absolute Gasteiger partial charge is 0.471 e. The number of anilines is 1. The van der Waals surface area contributed by atoms with Crippen LogP contribution >= 0.6 is 0 Å². The molecule has 1 aromatic heterocycles. The summed E-state index contributed by atoms with van der Waals surface area (Å²) in [6.07, 6.45) is 1.30. The minimum absolute atomic E-state index is 0.00463. The first-order valence-corrected chi connectivity index (χ1v) is 2.41. The third-order valence-corrected chi connectivity index (χ3v) is 0.962. The molecule has 1 rings (SSSR count). The lowest BCUT2D eigenvalue weighted by Crippen LogP contribution is -2.30. The molecule has 4 N–H and O–H groups in total. The topological polar surface area (TPSA) is 79.6 Å². The molecule has 0 bridgehead atoms. The summed E-state index contributed by atoms with van der Waals surface area (Å²) < 4.78 is 4.60. The molecule has 4 nitrogen and oxygen atoms in total. The zero-order valence-corrected chi connectivity index (χ0v) is 4.61. The predicted molar refractivity (Wildman–Crippen MR) is 32.9 cm³/mol. The molecule has 0 aliphatic heterocycles. The molecule has 9 heavy (non-hydrogen) atoms. The van der Waals surface area contributed by atoms with E-state index in [1.165, 1.54) is 12.3 Å². The van der Waals surface area contributed by atoms with E-state index in [0.29, 0.717) is 0 Å². The van der Waals surface area contributed by atoms with E-state index in [4.69, 9.17) is 15.8 Å². The van der Waals surface area contributed by atoms with Crippen LogP contribution in [-0.4, -0.2) is 17.2 Å². The lowest BCUT2D eigenvalue weighted by molar-refractivity contribution is 0.410. The van der Waals surface area contributed by atoms with Crippen molar-refractivity contribution in [3.05, 3.63) is 12.3 Å². The van der Waals surface area contributed by atoms with Crippen molar-refractivity contribution in [1.29, 1.82) is 0 Å². The molecular formula is C4H6BNO3. The molecular weight excluding hydrogens is 121 g/mol. The molecule has 48 valence electrons. The number of hydrogen-bond donors (Lipinski definition) is 3. The van der Waals surface area contributed by atoms with Crippen LogP contribution in [0.1, 0.15) is 0 Å². The first-order chi connectivity index (χ1) is 4.22. The standard InChI is InChI=1S/C4H6BNO3/c6-3-1-2-9-4(3)5(7)8/h1-2,7-8H,6H2. The van der Waals surface area contributed by atoms with Gasteiger partial charge in [-0.3, -0.25) is 0 Å². The Kier molecular flexibility index (Phi) is 1.46. The largest absolute Gasteiger partial charge is 0.528 e. The van der Waals surface area contributed by atoms with E-state index < -0.39 is 7.12 Å². The van der Waals surface area contributed by atoms with Gasteiger partial charge in [-0.15, -0.1) is 0 Å². The van der Waals surface area contributed by atoms with E-state index >= 15 is 0 Å². The van der Waals surface area contributed by atoms with Gasteiger partial charge in [-0.2, -0.15) is 0 Å². The maximum absolute atomic E-state index is 8.48. The minimum Gasteiger partial charge on any atom is -0.471 e. The van der Waals surface area contributed by atoms with E-state index in [9.17, 15) is 0 Å². The highest BCUT2D eigenvalue weighted by Gasteiger charge is 2.17. The Balaban J connectivity index is 2.94. The van der Waals surface area contributed by atoms with Gasteiger partial charge in [0.25, 0.3) is 0 Å². The van der Waals surface area contributed by atoms with Crippen LogP contribution in [0.4, 0.5) is 5.69 Å². The summed E-state index contributed by atoms with van der Waals surface area (Å²) in [5.74, 6) is 0. The van der Waals surface area contributed by atoms with Gasteiger partial charge in [0.1, 0.15) is 0 Å². The third-order valence-electron chi connectivity index (χ3n) is 0.962. The van der Waals surface area contributed by atoms with Crippen molar-refractivity contribution < 1.29 is 14.5 Å². The summed E-state index contributed by atoms with van der Waals surface area (Å²) in [4.78, 5) is 0. The van der Waals surface area contributed by atoms with Gasteiger partial charge in [0.2, 0.25) is 0 Å². The normalized spacial score (nSPS) is 9.56. The number of rotatable bonds is 1. The fourth-order valence-electron chi connectivity index (χ4n) is 0.541. The van der Waals surface area contributed by atoms with Gasteiger partial charge >= 0.3 is 7.12 Å². The van der Waals surface area contributed by atoms with Crippen LogP contribution in [0.3, 0.4) is 0 Å². The maximum Gasteiger partial charge on any atom is 0.528 e. The Bertz CT molecular complexity index is 197. The Morgan fingerprint density at radius 2 is 2.22 bits per heavy atom. The molecule has 5 heteroatoms. The van der Waals surface area contributed by atoms with Gasteiger partial charge in [-0.25, -0.2) is 0 Å². The Morgan fingerprint density at radius 3 is 2.44 bits per heavy atom. The highest BCUT2D eigenvalue weighted by atomic mass is 16.4. The quantitative estimate of drug-likeness (QED) is 0.403. The van der Waals surface area contributed by atoms with Crippen LogP contribution in [0.25, 0.3) is 0 Å². The zero-order chi connectivity index (χ0) is 6.85. The number of nitrogen functional groups attached to an aromatic ring is 1. The molecule has 0 amide bonds. The number of hydrogen-bond acceptors (Lipinski definition) is 4. The van der Waals surface area contributed by atoms with E-state index in [1.807, 2.05) is 0 Å². The minimum atomic E-state index is -1.61. The van der Waals surface area contributed by atoms with Crippen molar-refractivity contribution in [3.63, 3.8) is 0 Å². The van der Waals surface area contributed by atoms with Gasteiger partial charge < -0.3 is 20.2 Å². The first kappa shape index (κ1) is 6.19. The van der Waals surface area contributed by atoms with Gasteiger partial charge in [0, 0.05) is 0 Å². The van der Waals surface area contributed by atoms with Crippen LogP contribution in [0.5, 0.6) is 0 Å². The highest BCUT2D eigenvalue weighted by Crippen LogP contribution is 1.97. The Hall–Kier alpha value is -0.935. The van der Waals surface area contributed by atoms with Crippen molar-refractivity contribution in [2.45, 2.75) is 0 Å². The SMILES string of the molecule is Nc1ccoc1B(O)O. The van der Waals surface area contributed by atoms with E-state index in [0.717, 1.165) is 0 Å². The lowest BCUT2D eigenvalue weighted by Gasteiger charge is -1.91. The molecule has 0 atom stereocenters. The fraction of sp³-hybridized carbons (Fsp3) is 0. The molecule has 0 radical (unpaired) electrons. The molecule has 0 aliphatic carbocycles. The van der Waals surface area contributed by atoms with Crippen LogP contribution in [0.15, 0.2) is 16.7 Å². The second-order valence-corrected chi connectivity index (χ2v) is 1.61. The molecule has 0 saturated carbocycles. The molecule has 0 spiro atoms. The first-order valence-electron chi connectivity index (χ1n) is 2.41. The monoisotopic (exact) mass is 127 g/mol. The third kappa shape index (κ3) is 1.06. The molecule has 0 unspecified atom stereocenters. The predicted octanol–water partition coefficient (Wildman–Crippen LogP) is -1.46. The van der Waals surface area contributed by atoms with E-state index in [2.05, 4.69) is 4.42 Å². The molecule has 0 aliphatic rings. The van der Waals surface area contributed by atoms with Gasteiger partial charge in [-0.05, 0) is 6.07 Å². The summed E-state index contributed by atoms with van der Waals surface area (Å²) in [5, 5.41) is 17.0. The summed E-state index contributed by atoms with van der Waals surface area (Å²) in [7, 11) is -1.61. The van der Waals surface area contributed by atoms with Crippen molar-refractivity contribution in [2.75, 3.05) is 5.73 Å². The second-order valence-electron chi connectivity index (χ2n) is 1.61. The maximum atomic E-state index is 8.48. The average molecular weight is 127 g/mol. The number of furan rings is 1. The average Bonchev–Trinajstić information content (AvgIpc) is 2.13. The van der Waals surface area contributed by atoms with Crippen molar-refractivity contribution >= 4 is 18.5 Å². The van der Waals surface area contributed by atoms with Gasteiger partial charge in [0.15, 0.2) is 5.66 Å². The van der Waals surface area contributed by atoms with E-state index in [-0.39, 0.29) is 11.3 Å². The van der Waals surface area contributed by atoms with Crippen molar-refractivity contribution in [2.24, 2.45) is 0 Å². The van der Waals surface area contributed by atoms with Crippen LogP contribution in [0, 0.1) is 0 Å². The Labute approximate surface area is 52.0 Å². The molecule has 1 heterocycles. The zero-order valence-electron chi connectivity index (χ0n) is 4.61. The fourth-order valence-corrected chi connectivity index (χ4v) is 0.541. The summed E-state index contributed by atoms with van der Waals surface area (Å²) in [6, 6.07) is 1.45. The highest BCUT2D eigenvalue weighted by molar-refractivity contribution is 6.58. The summed E-state index contributed by atoms with van der Waals surface area (Å²) >= 11 is 0. The summed E-state index contributed by atoms with van der Waals surface area (Å²) in [6.45, 7) is 0. The molecule has 0 aromatic carbocycles. The van der Waals surface area contributed by atoms with Crippen molar-refractivity contribution in [1.82, 2.24) is 0 Å². The van der Waals surface area contributed by atoms with Crippen LogP contribution in [-0.2, 0) is 0 Å². The lowest BCUT2D eigenvalue weighted by atomic mass is 9.87. The second kappa shape index (κ2) is 2.12. The number of nitrogens with two attached hydrogens (primary N) is 1. The molecule has 1 aromatic rings. The molecule has 0 fully saturated rings. The van der Waals surface area contributed by atoms with Crippen LogP contribution < -0.4 is 11.4 Å². The van der Waals surface area contributed by atoms with Crippen LogP contribution in [0.2, 0.25) is 0 Å². The Morgan fingerprint density at radius 1 is 1.56 bits per heavy atom. The van der Waals surface area contributed by atoms with E-state index in [1.54, 1.807) is 0 Å². The van der Waals surface area contributed by atoms with Gasteiger partial charge in [0.05, 0.1) is 12.0 Å².